The van der Waals surface area contributed by atoms with Gasteiger partial charge in [-0.15, -0.1) is 0 Å². The molecule has 0 aromatic carbocycles. The Morgan fingerprint density at radius 1 is 1.36 bits per heavy atom. The molecule has 2 aliphatic rings. The minimum atomic E-state index is 0.332. The van der Waals surface area contributed by atoms with Gasteiger partial charge in [0.1, 0.15) is 6.10 Å². The first kappa shape index (κ1) is 7.56. The lowest BCUT2D eigenvalue weighted by Gasteiger charge is -2.15. The van der Waals surface area contributed by atoms with Crippen LogP contribution in [-0.4, -0.2) is 24.9 Å². The molecule has 11 heavy (non-hydrogen) atoms. The van der Waals surface area contributed by atoms with E-state index in [0.717, 1.165) is 6.61 Å². The molecule has 0 aromatic heterocycles. The highest BCUT2D eigenvalue weighted by atomic mass is 16.6. The fraction of sp³-hybridized carbons (Fsp3) is 1.00. The monoisotopic (exact) mass is 156 g/mol. The minimum absolute atomic E-state index is 0.332. The first-order valence-electron chi connectivity index (χ1n) is 4.63. The number of hydrogen-bond donors (Lipinski definition) is 0. The minimum Gasteiger partial charge on any atom is -0.372 e. The van der Waals surface area contributed by atoms with E-state index < -0.39 is 0 Å². The maximum absolute atomic E-state index is 5.81. The molecule has 1 saturated carbocycles. The Morgan fingerprint density at radius 2 is 2.00 bits per heavy atom. The van der Waals surface area contributed by atoms with E-state index >= 15 is 0 Å². The Labute approximate surface area is 67.9 Å². The van der Waals surface area contributed by atoms with Crippen LogP contribution in [0.1, 0.15) is 32.6 Å². The van der Waals surface area contributed by atoms with Crippen LogP contribution < -0.4 is 0 Å². The third kappa shape index (κ3) is 1.94. The largest absolute Gasteiger partial charge is 0.372 e. The summed E-state index contributed by atoms with van der Waals surface area (Å²) in [6.07, 6.45) is 6.50. The summed E-state index contributed by atoms with van der Waals surface area (Å²) >= 11 is 0. The van der Waals surface area contributed by atoms with Gasteiger partial charge in [0.25, 0.3) is 0 Å². The number of hydrogen-bond acceptors (Lipinski definition) is 2. The number of ether oxygens (including phenoxy) is 2. The fourth-order valence-electron chi connectivity index (χ4n) is 1.74. The van der Waals surface area contributed by atoms with E-state index in [0.29, 0.717) is 18.3 Å². The van der Waals surface area contributed by atoms with Crippen molar-refractivity contribution in [2.45, 2.75) is 50.9 Å². The molecule has 1 heterocycles. The molecule has 0 N–H and O–H groups in total. The summed E-state index contributed by atoms with van der Waals surface area (Å²) in [6.45, 7) is 3.03. The lowest BCUT2D eigenvalue weighted by molar-refractivity contribution is -0.0114. The van der Waals surface area contributed by atoms with E-state index in [2.05, 4.69) is 6.92 Å². The quantitative estimate of drug-likeness (QED) is 0.580. The van der Waals surface area contributed by atoms with Gasteiger partial charge >= 0.3 is 0 Å². The second-order valence-corrected chi connectivity index (χ2v) is 3.62. The Bertz CT molecular complexity index is 126. The first-order valence-corrected chi connectivity index (χ1v) is 4.63. The van der Waals surface area contributed by atoms with Crippen molar-refractivity contribution in [1.82, 2.24) is 0 Å². The van der Waals surface area contributed by atoms with Gasteiger partial charge in [0, 0.05) is 0 Å². The zero-order chi connectivity index (χ0) is 7.68. The summed E-state index contributed by atoms with van der Waals surface area (Å²) < 4.78 is 11.0. The molecule has 0 spiro atoms. The van der Waals surface area contributed by atoms with Gasteiger partial charge in [-0.25, -0.2) is 0 Å². The normalized spacial score (nSPS) is 34.1. The molecule has 2 fully saturated rings. The molecule has 0 radical (unpaired) electrons. The van der Waals surface area contributed by atoms with Crippen LogP contribution in [-0.2, 0) is 9.47 Å². The van der Waals surface area contributed by atoms with Crippen LogP contribution in [0.5, 0.6) is 0 Å². The Morgan fingerprint density at radius 3 is 2.55 bits per heavy atom. The van der Waals surface area contributed by atoms with Gasteiger partial charge in [0.2, 0.25) is 0 Å². The zero-order valence-electron chi connectivity index (χ0n) is 7.08. The van der Waals surface area contributed by atoms with Crippen LogP contribution in [0.3, 0.4) is 0 Å². The molecular formula is C9H16O2. The van der Waals surface area contributed by atoms with E-state index in [1.807, 2.05) is 0 Å². The van der Waals surface area contributed by atoms with Crippen molar-refractivity contribution in [2.75, 3.05) is 6.61 Å². The zero-order valence-corrected chi connectivity index (χ0v) is 7.08. The molecule has 0 aromatic rings. The fourth-order valence-corrected chi connectivity index (χ4v) is 1.74. The highest BCUT2D eigenvalue weighted by Gasteiger charge is 2.32. The van der Waals surface area contributed by atoms with Crippen LogP contribution in [0.2, 0.25) is 0 Å². The van der Waals surface area contributed by atoms with Gasteiger partial charge in [-0.3, -0.25) is 0 Å². The van der Waals surface area contributed by atoms with E-state index in [9.17, 15) is 0 Å². The van der Waals surface area contributed by atoms with Crippen LogP contribution in [0.25, 0.3) is 0 Å². The van der Waals surface area contributed by atoms with Crippen LogP contribution in [0, 0.1) is 0 Å². The van der Waals surface area contributed by atoms with Crippen LogP contribution >= 0.6 is 0 Å². The smallest absolute Gasteiger partial charge is 0.107 e. The Balaban J connectivity index is 1.70. The molecule has 1 aliphatic heterocycles. The van der Waals surface area contributed by atoms with E-state index in [-0.39, 0.29) is 0 Å². The summed E-state index contributed by atoms with van der Waals surface area (Å²) in [7, 11) is 0. The highest BCUT2D eigenvalue weighted by molar-refractivity contribution is 4.78. The van der Waals surface area contributed by atoms with Crippen molar-refractivity contribution in [2.24, 2.45) is 0 Å². The van der Waals surface area contributed by atoms with E-state index in [1.165, 1.54) is 25.7 Å². The molecule has 2 nitrogen and oxygen atoms in total. The SMILES string of the molecule is C[C@H](OC1CCCC1)[C@@H]1CO1. The molecule has 2 atom stereocenters. The van der Waals surface area contributed by atoms with Crippen molar-refractivity contribution >= 4 is 0 Å². The summed E-state index contributed by atoms with van der Waals surface area (Å²) in [6, 6.07) is 0. The average molecular weight is 156 g/mol. The average Bonchev–Trinajstić information content (AvgIpc) is 2.73. The van der Waals surface area contributed by atoms with Crippen molar-refractivity contribution in [3.63, 3.8) is 0 Å². The molecule has 0 amide bonds. The van der Waals surface area contributed by atoms with Gasteiger partial charge < -0.3 is 9.47 Å². The summed E-state index contributed by atoms with van der Waals surface area (Å²) in [5, 5.41) is 0. The maximum atomic E-state index is 5.81. The molecule has 1 saturated heterocycles. The second kappa shape index (κ2) is 3.11. The van der Waals surface area contributed by atoms with Gasteiger partial charge in [0.05, 0.1) is 18.8 Å². The predicted molar refractivity (Wildman–Crippen MR) is 42.5 cm³/mol. The Hall–Kier alpha value is -0.0800. The number of epoxide rings is 1. The third-order valence-electron chi connectivity index (χ3n) is 2.59. The van der Waals surface area contributed by atoms with Gasteiger partial charge in [0.15, 0.2) is 0 Å². The molecule has 0 unspecified atom stereocenters. The lowest BCUT2D eigenvalue weighted by atomic mass is 10.2. The van der Waals surface area contributed by atoms with Gasteiger partial charge in [-0.1, -0.05) is 12.8 Å². The molecule has 64 valence electrons. The van der Waals surface area contributed by atoms with Crippen LogP contribution in [0.15, 0.2) is 0 Å². The highest BCUT2D eigenvalue weighted by Crippen LogP contribution is 2.25. The van der Waals surface area contributed by atoms with Gasteiger partial charge in [-0.2, -0.15) is 0 Å². The molecule has 2 heteroatoms. The standard InChI is InChI=1S/C9H16O2/c1-7(9-6-10-9)11-8-4-2-3-5-8/h7-9H,2-6H2,1H3/t7-,9-/m0/s1. The maximum Gasteiger partial charge on any atom is 0.107 e. The first-order chi connectivity index (χ1) is 5.36. The van der Waals surface area contributed by atoms with Crippen molar-refractivity contribution in [3.05, 3.63) is 0 Å². The van der Waals surface area contributed by atoms with Gasteiger partial charge in [-0.05, 0) is 19.8 Å². The van der Waals surface area contributed by atoms with E-state index in [4.69, 9.17) is 9.47 Å². The Kier molecular flexibility index (Phi) is 2.14. The van der Waals surface area contributed by atoms with Crippen LogP contribution in [0.4, 0.5) is 0 Å². The van der Waals surface area contributed by atoms with Crippen molar-refractivity contribution in [1.29, 1.82) is 0 Å². The second-order valence-electron chi connectivity index (χ2n) is 3.62. The van der Waals surface area contributed by atoms with E-state index in [1.54, 1.807) is 0 Å². The molecule has 2 rings (SSSR count). The predicted octanol–water partition coefficient (Wildman–Crippen LogP) is 1.73. The summed E-state index contributed by atoms with van der Waals surface area (Å²) in [5.74, 6) is 0. The molecule has 1 aliphatic carbocycles. The van der Waals surface area contributed by atoms with Crippen molar-refractivity contribution < 1.29 is 9.47 Å². The third-order valence-corrected chi connectivity index (χ3v) is 2.59. The van der Waals surface area contributed by atoms with Crippen molar-refractivity contribution in [3.8, 4) is 0 Å². The lowest BCUT2D eigenvalue weighted by Crippen LogP contribution is -2.21. The number of rotatable bonds is 3. The topological polar surface area (TPSA) is 21.8 Å². The summed E-state index contributed by atoms with van der Waals surface area (Å²) in [5.41, 5.74) is 0. The molecular weight excluding hydrogens is 140 g/mol. The molecule has 0 bridgehead atoms. The summed E-state index contributed by atoms with van der Waals surface area (Å²) in [4.78, 5) is 0.